The van der Waals surface area contributed by atoms with Crippen LogP contribution in [0.4, 0.5) is 13.2 Å². The highest BCUT2D eigenvalue weighted by Gasteiger charge is 2.13. The van der Waals surface area contributed by atoms with Crippen molar-refractivity contribution in [2.24, 2.45) is 5.73 Å². The summed E-state index contributed by atoms with van der Waals surface area (Å²) < 4.78 is 45.6. The van der Waals surface area contributed by atoms with Gasteiger partial charge in [-0.15, -0.1) is 0 Å². The molecule has 0 bridgehead atoms. The summed E-state index contributed by atoms with van der Waals surface area (Å²) in [7, 11) is 0. The van der Waals surface area contributed by atoms with Crippen LogP contribution in [-0.2, 0) is 13.2 Å². The number of nitriles is 1. The number of ether oxygens (including phenoxy) is 1. The zero-order valence-corrected chi connectivity index (χ0v) is 10.9. The van der Waals surface area contributed by atoms with Crippen LogP contribution in [-0.4, -0.2) is 0 Å². The monoisotopic (exact) mass is 292 g/mol. The second-order valence-corrected chi connectivity index (χ2v) is 4.31. The number of halogens is 3. The molecule has 2 aromatic carbocycles. The van der Waals surface area contributed by atoms with E-state index in [1.54, 1.807) is 6.07 Å². The van der Waals surface area contributed by atoms with Crippen LogP contribution in [0.3, 0.4) is 0 Å². The molecule has 0 atom stereocenters. The molecule has 2 aromatic rings. The fourth-order valence-electron chi connectivity index (χ4n) is 1.77. The summed E-state index contributed by atoms with van der Waals surface area (Å²) in [4.78, 5) is 0. The number of hydrogen-bond acceptors (Lipinski definition) is 3. The van der Waals surface area contributed by atoms with Gasteiger partial charge in [0.2, 0.25) is 0 Å². The van der Waals surface area contributed by atoms with E-state index in [0.717, 1.165) is 18.2 Å². The molecule has 0 saturated carbocycles. The van der Waals surface area contributed by atoms with Gasteiger partial charge in [0, 0.05) is 6.54 Å². The lowest BCUT2D eigenvalue weighted by molar-refractivity contribution is 0.273. The Labute approximate surface area is 119 Å². The van der Waals surface area contributed by atoms with E-state index in [0.29, 0.717) is 11.1 Å². The summed E-state index contributed by atoms with van der Waals surface area (Å²) >= 11 is 0. The largest absolute Gasteiger partial charge is 0.483 e. The molecule has 3 nitrogen and oxygen atoms in total. The Morgan fingerprint density at radius 1 is 1.00 bits per heavy atom. The average Bonchev–Trinajstić information content (AvgIpc) is 2.47. The summed E-state index contributed by atoms with van der Waals surface area (Å²) in [5.74, 6) is -2.92. The molecular formula is C15H11F3N2O. The number of nitrogens with two attached hydrogens (primary N) is 1. The van der Waals surface area contributed by atoms with Crippen LogP contribution in [0.1, 0.15) is 16.7 Å². The van der Waals surface area contributed by atoms with E-state index in [2.05, 4.69) is 0 Å². The van der Waals surface area contributed by atoms with E-state index >= 15 is 0 Å². The summed E-state index contributed by atoms with van der Waals surface area (Å²) in [6.45, 7) is -0.178. The SMILES string of the molecule is N#Cc1cc(COc2c(F)cc(CN)cc2F)ccc1F. The summed E-state index contributed by atoms with van der Waals surface area (Å²) in [6.07, 6.45) is 0. The van der Waals surface area contributed by atoms with Gasteiger partial charge in [-0.1, -0.05) is 6.07 Å². The predicted octanol–water partition coefficient (Wildman–Crippen LogP) is 3.01. The van der Waals surface area contributed by atoms with Crippen LogP contribution in [0.5, 0.6) is 5.75 Å². The lowest BCUT2D eigenvalue weighted by Gasteiger charge is -2.10. The van der Waals surface area contributed by atoms with Gasteiger partial charge in [-0.25, -0.2) is 13.2 Å². The Morgan fingerprint density at radius 2 is 1.67 bits per heavy atom. The van der Waals surface area contributed by atoms with E-state index in [9.17, 15) is 13.2 Å². The van der Waals surface area contributed by atoms with Gasteiger partial charge in [-0.3, -0.25) is 0 Å². The van der Waals surface area contributed by atoms with Gasteiger partial charge in [0.25, 0.3) is 0 Å². The lowest BCUT2D eigenvalue weighted by Crippen LogP contribution is -2.04. The molecule has 0 aromatic heterocycles. The molecule has 21 heavy (non-hydrogen) atoms. The third kappa shape index (κ3) is 3.33. The first-order valence-electron chi connectivity index (χ1n) is 6.04. The van der Waals surface area contributed by atoms with E-state index in [-0.39, 0.29) is 18.7 Å². The van der Waals surface area contributed by atoms with E-state index < -0.39 is 23.2 Å². The van der Waals surface area contributed by atoms with Crippen molar-refractivity contribution in [2.45, 2.75) is 13.2 Å². The zero-order chi connectivity index (χ0) is 15.4. The van der Waals surface area contributed by atoms with Crippen molar-refractivity contribution in [3.8, 4) is 11.8 Å². The van der Waals surface area contributed by atoms with Crippen molar-refractivity contribution in [1.29, 1.82) is 5.26 Å². The maximum atomic E-state index is 13.7. The predicted molar refractivity (Wildman–Crippen MR) is 69.7 cm³/mol. The summed E-state index contributed by atoms with van der Waals surface area (Å²) in [5.41, 5.74) is 5.89. The molecule has 2 N–H and O–H groups in total. The van der Waals surface area contributed by atoms with Crippen molar-refractivity contribution in [3.05, 3.63) is 64.5 Å². The van der Waals surface area contributed by atoms with E-state index in [4.69, 9.17) is 15.7 Å². The van der Waals surface area contributed by atoms with Gasteiger partial charge in [-0.05, 0) is 35.4 Å². The van der Waals surface area contributed by atoms with Gasteiger partial charge in [0.15, 0.2) is 17.4 Å². The van der Waals surface area contributed by atoms with Gasteiger partial charge in [-0.2, -0.15) is 5.26 Å². The normalized spacial score (nSPS) is 10.2. The van der Waals surface area contributed by atoms with Crippen molar-refractivity contribution in [1.82, 2.24) is 0 Å². The molecule has 0 amide bonds. The highest BCUT2D eigenvalue weighted by atomic mass is 19.1. The Hall–Kier alpha value is -2.52. The molecule has 6 heteroatoms. The Kier molecular flexibility index (Phi) is 4.45. The standard InChI is InChI=1S/C15H11F3N2O/c16-12-2-1-9(3-11(12)7-20)8-21-15-13(17)4-10(6-19)5-14(15)18/h1-5H,6,8,19H2. The minimum atomic E-state index is -0.863. The smallest absolute Gasteiger partial charge is 0.191 e. The van der Waals surface area contributed by atoms with Crippen molar-refractivity contribution in [2.75, 3.05) is 0 Å². The summed E-state index contributed by atoms with van der Waals surface area (Å²) in [6, 6.07) is 7.59. The van der Waals surface area contributed by atoms with Gasteiger partial charge in [0.1, 0.15) is 18.5 Å². The van der Waals surface area contributed by atoms with Crippen molar-refractivity contribution in [3.63, 3.8) is 0 Å². The number of nitrogens with zero attached hydrogens (tertiary/aromatic N) is 1. The van der Waals surface area contributed by atoms with E-state index in [1.807, 2.05) is 0 Å². The Bertz CT molecular complexity index is 688. The summed E-state index contributed by atoms with van der Waals surface area (Å²) in [5, 5.41) is 8.71. The first kappa shape index (κ1) is 14.9. The highest BCUT2D eigenvalue weighted by Crippen LogP contribution is 2.24. The quantitative estimate of drug-likeness (QED) is 0.942. The Balaban J connectivity index is 2.19. The van der Waals surface area contributed by atoms with Crippen LogP contribution in [0.15, 0.2) is 30.3 Å². The second kappa shape index (κ2) is 6.29. The highest BCUT2D eigenvalue weighted by molar-refractivity contribution is 5.35. The number of benzene rings is 2. The minimum absolute atomic E-state index is 0.0115. The van der Waals surface area contributed by atoms with Crippen molar-refractivity contribution < 1.29 is 17.9 Å². The number of hydrogen-bond donors (Lipinski definition) is 1. The van der Waals surface area contributed by atoms with Crippen LogP contribution < -0.4 is 10.5 Å². The molecular weight excluding hydrogens is 281 g/mol. The minimum Gasteiger partial charge on any atom is -0.483 e. The fraction of sp³-hybridized carbons (Fsp3) is 0.133. The molecule has 0 aliphatic heterocycles. The first-order valence-corrected chi connectivity index (χ1v) is 6.04. The maximum absolute atomic E-state index is 13.7. The molecule has 0 aliphatic carbocycles. The van der Waals surface area contributed by atoms with Gasteiger partial charge >= 0.3 is 0 Å². The molecule has 0 heterocycles. The van der Waals surface area contributed by atoms with Crippen LogP contribution >= 0.6 is 0 Å². The van der Waals surface area contributed by atoms with Gasteiger partial charge < -0.3 is 10.5 Å². The average molecular weight is 292 g/mol. The lowest BCUT2D eigenvalue weighted by atomic mass is 10.1. The molecule has 0 radical (unpaired) electrons. The van der Waals surface area contributed by atoms with Crippen molar-refractivity contribution >= 4 is 0 Å². The third-order valence-electron chi connectivity index (χ3n) is 2.83. The Morgan fingerprint density at radius 3 is 2.24 bits per heavy atom. The molecule has 0 aliphatic rings. The topological polar surface area (TPSA) is 59.0 Å². The van der Waals surface area contributed by atoms with Gasteiger partial charge in [0.05, 0.1) is 5.56 Å². The van der Waals surface area contributed by atoms with Crippen LogP contribution in [0.2, 0.25) is 0 Å². The second-order valence-electron chi connectivity index (χ2n) is 4.31. The molecule has 0 fully saturated rings. The fourth-order valence-corrected chi connectivity index (χ4v) is 1.77. The molecule has 2 rings (SSSR count). The van der Waals surface area contributed by atoms with Crippen LogP contribution in [0, 0.1) is 28.8 Å². The molecule has 108 valence electrons. The third-order valence-corrected chi connectivity index (χ3v) is 2.83. The maximum Gasteiger partial charge on any atom is 0.191 e. The first-order chi connectivity index (χ1) is 10.0. The number of rotatable bonds is 4. The van der Waals surface area contributed by atoms with Crippen LogP contribution in [0.25, 0.3) is 0 Å². The molecule has 0 unspecified atom stereocenters. The van der Waals surface area contributed by atoms with E-state index in [1.165, 1.54) is 12.1 Å². The molecule has 0 saturated heterocycles. The molecule has 0 spiro atoms. The zero-order valence-electron chi connectivity index (χ0n) is 10.9.